The fourth-order valence-electron chi connectivity index (χ4n) is 0.315. The van der Waals surface area contributed by atoms with E-state index >= 15 is 0 Å². The first kappa shape index (κ1) is 9.27. The van der Waals surface area contributed by atoms with Crippen molar-refractivity contribution in [3.63, 3.8) is 0 Å². The third kappa shape index (κ3) is 1.40. The van der Waals surface area contributed by atoms with E-state index in [1.165, 1.54) is 0 Å². The summed E-state index contributed by atoms with van der Waals surface area (Å²) in [6.45, 7) is 7.18. The molecule has 3 heteroatoms. The normalized spacial score (nSPS) is 12.8. The van der Waals surface area contributed by atoms with Gasteiger partial charge in [0.25, 0.3) is 0 Å². The average Bonchev–Trinajstić information content (AvgIpc) is 1.84. The molecule has 0 aliphatic carbocycles. The van der Waals surface area contributed by atoms with Crippen LogP contribution in [0.25, 0.3) is 0 Å². The molecule has 0 aromatic heterocycles. The molecule has 10 heavy (non-hydrogen) atoms. The zero-order valence-electron chi connectivity index (χ0n) is 5.70. The Labute approximate surface area is 58.0 Å². The lowest BCUT2D eigenvalue weighted by atomic mass is 9.91. The summed E-state index contributed by atoms with van der Waals surface area (Å²) in [5.41, 5.74) is -1.95. The second-order valence-electron chi connectivity index (χ2n) is 2.19. The number of rotatable bonds is 2. The van der Waals surface area contributed by atoms with Gasteiger partial charge in [-0.05, 0) is 6.92 Å². The lowest BCUT2D eigenvalue weighted by Crippen LogP contribution is -2.30. The zero-order chi connectivity index (χ0) is 8.41. The van der Waals surface area contributed by atoms with Crippen LogP contribution in [0.15, 0.2) is 25.3 Å². The number of hydrogen-bond acceptors (Lipinski definition) is 0. The van der Waals surface area contributed by atoms with Crippen molar-refractivity contribution in [3.8, 4) is 0 Å². The fraction of sp³-hybridized carbons (Fsp3) is 0.429. The molecular formula is C7H9F3. The molecule has 0 N–H and O–H groups in total. The van der Waals surface area contributed by atoms with Gasteiger partial charge in [0.05, 0.1) is 5.41 Å². The van der Waals surface area contributed by atoms with E-state index < -0.39 is 11.6 Å². The Kier molecular flexibility index (Phi) is 2.30. The lowest BCUT2D eigenvalue weighted by molar-refractivity contribution is -0.183. The number of allylic oxidation sites excluding steroid dienone is 2. The van der Waals surface area contributed by atoms with Crippen LogP contribution in [0.5, 0.6) is 0 Å². The van der Waals surface area contributed by atoms with Gasteiger partial charge in [-0.2, -0.15) is 13.2 Å². The molecule has 0 rings (SSSR count). The zero-order valence-corrected chi connectivity index (χ0v) is 5.70. The van der Waals surface area contributed by atoms with Crippen LogP contribution < -0.4 is 0 Å². The summed E-state index contributed by atoms with van der Waals surface area (Å²) in [5, 5.41) is 0. The van der Waals surface area contributed by atoms with Crippen molar-refractivity contribution >= 4 is 0 Å². The highest BCUT2D eigenvalue weighted by molar-refractivity contribution is 5.08. The lowest BCUT2D eigenvalue weighted by Gasteiger charge is -2.24. The van der Waals surface area contributed by atoms with E-state index in [-0.39, 0.29) is 0 Å². The monoisotopic (exact) mass is 150 g/mol. The molecule has 0 aromatic rings. The van der Waals surface area contributed by atoms with Gasteiger partial charge in [0.2, 0.25) is 0 Å². The van der Waals surface area contributed by atoms with Gasteiger partial charge < -0.3 is 0 Å². The number of hydrogen-bond donors (Lipinski definition) is 0. The summed E-state index contributed by atoms with van der Waals surface area (Å²) in [7, 11) is 0. The molecule has 0 spiro atoms. The number of alkyl halides is 3. The van der Waals surface area contributed by atoms with Gasteiger partial charge in [0.1, 0.15) is 0 Å². The molecule has 0 saturated heterocycles. The maximum absolute atomic E-state index is 12.0. The van der Waals surface area contributed by atoms with Crippen molar-refractivity contribution in [1.82, 2.24) is 0 Å². The smallest absolute Gasteiger partial charge is 0.170 e. The molecule has 0 fully saturated rings. The Morgan fingerprint density at radius 1 is 1.10 bits per heavy atom. The second kappa shape index (κ2) is 2.48. The molecule has 0 aliphatic heterocycles. The van der Waals surface area contributed by atoms with Crippen molar-refractivity contribution in [1.29, 1.82) is 0 Å². The highest BCUT2D eigenvalue weighted by Crippen LogP contribution is 2.39. The fourth-order valence-corrected chi connectivity index (χ4v) is 0.315. The van der Waals surface area contributed by atoms with Gasteiger partial charge in [-0.15, -0.1) is 13.2 Å². The van der Waals surface area contributed by atoms with Crippen LogP contribution in [-0.4, -0.2) is 6.18 Å². The summed E-state index contributed by atoms with van der Waals surface area (Å²) in [5.74, 6) is 0. The highest BCUT2D eigenvalue weighted by atomic mass is 19.4. The van der Waals surface area contributed by atoms with Gasteiger partial charge in [-0.25, -0.2) is 0 Å². The van der Waals surface area contributed by atoms with E-state index in [9.17, 15) is 13.2 Å². The minimum Gasteiger partial charge on any atom is -0.170 e. The maximum Gasteiger partial charge on any atom is 0.400 e. The Hall–Kier alpha value is -0.730. The Morgan fingerprint density at radius 3 is 1.40 bits per heavy atom. The summed E-state index contributed by atoms with van der Waals surface area (Å²) in [6, 6.07) is 0. The second-order valence-corrected chi connectivity index (χ2v) is 2.19. The van der Waals surface area contributed by atoms with Crippen LogP contribution in [0.3, 0.4) is 0 Å². The molecule has 0 saturated carbocycles. The largest absolute Gasteiger partial charge is 0.400 e. The van der Waals surface area contributed by atoms with Crippen molar-refractivity contribution in [2.45, 2.75) is 13.1 Å². The molecule has 0 heterocycles. The first-order valence-electron chi connectivity index (χ1n) is 2.71. The molecule has 0 aromatic carbocycles. The van der Waals surface area contributed by atoms with Gasteiger partial charge in [-0.1, -0.05) is 12.2 Å². The van der Waals surface area contributed by atoms with Gasteiger partial charge in [0, 0.05) is 0 Å². The van der Waals surface area contributed by atoms with E-state index in [2.05, 4.69) is 13.2 Å². The van der Waals surface area contributed by atoms with Crippen LogP contribution in [0.2, 0.25) is 0 Å². The Balaban J connectivity index is 4.65. The van der Waals surface area contributed by atoms with Crippen LogP contribution in [0.4, 0.5) is 13.2 Å². The quantitative estimate of drug-likeness (QED) is 0.531. The molecule has 58 valence electrons. The van der Waals surface area contributed by atoms with Gasteiger partial charge >= 0.3 is 6.18 Å². The van der Waals surface area contributed by atoms with Crippen molar-refractivity contribution in [2.24, 2.45) is 5.41 Å². The minimum atomic E-state index is -4.28. The third-order valence-corrected chi connectivity index (χ3v) is 1.46. The molecule has 0 atom stereocenters. The van der Waals surface area contributed by atoms with E-state index in [4.69, 9.17) is 0 Å². The highest BCUT2D eigenvalue weighted by Gasteiger charge is 2.46. The van der Waals surface area contributed by atoms with Crippen LogP contribution in [0.1, 0.15) is 6.92 Å². The molecule has 0 amide bonds. The van der Waals surface area contributed by atoms with E-state index in [0.717, 1.165) is 19.1 Å². The average molecular weight is 150 g/mol. The first-order valence-corrected chi connectivity index (χ1v) is 2.71. The predicted octanol–water partition coefficient (Wildman–Crippen LogP) is 2.93. The minimum absolute atomic E-state index is 0.833. The molecule has 0 unspecified atom stereocenters. The summed E-state index contributed by atoms with van der Waals surface area (Å²) in [6.07, 6.45) is -2.61. The first-order chi connectivity index (χ1) is 4.37. The Morgan fingerprint density at radius 2 is 1.40 bits per heavy atom. The standard InChI is InChI=1S/C7H9F3/c1-4-6(3,5-2)7(8,9)10/h4-5H,1-2H2,3H3. The van der Waals surface area contributed by atoms with Crippen LogP contribution in [-0.2, 0) is 0 Å². The summed E-state index contributed by atoms with van der Waals surface area (Å²) >= 11 is 0. The molecule has 0 nitrogen and oxygen atoms in total. The van der Waals surface area contributed by atoms with Crippen LogP contribution >= 0.6 is 0 Å². The van der Waals surface area contributed by atoms with Gasteiger partial charge in [0.15, 0.2) is 0 Å². The van der Waals surface area contributed by atoms with Crippen molar-refractivity contribution < 1.29 is 13.2 Å². The SMILES string of the molecule is C=CC(C)(C=C)C(F)(F)F. The summed E-state index contributed by atoms with van der Waals surface area (Å²) in [4.78, 5) is 0. The van der Waals surface area contributed by atoms with E-state index in [1.807, 2.05) is 0 Å². The third-order valence-electron chi connectivity index (χ3n) is 1.46. The molecule has 0 aliphatic rings. The van der Waals surface area contributed by atoms with Crippen molar-refractivity contribution in [2.75, 3.05) is 0 Å². The van der Waals surface area contributed by atoms with E-state index in [1.54, 1.807) is 0 Å². The molecular weight excluding hydrogens is 141 g/mol. The van der Waals surface area contributed by atoms with Crippen molar-refractivity contribution in [3.05, 3.63) is 25.3 Å². The van der Waals surface area contributed by atoms with Gasteiger partial charge in [-0.3, -0.25) is 0 Å². The topological polar surface area (TPSA) is 0 Å². The molecule has 0 radical (unpaired) electrons. The predicted molar refractivity (Wildman–Crippen MR) is 34.6 cm³/mol. The maximum atomic E-state index is 12.0. The van der Waals surface area contributed by atoms with E-state index in [0.29, 0.717) is 0 Å². The van der Waals surface area contributed by atoms with Crippen LogP contribution in [0, 0.1) is 5.41 Å². The molecule has 0 bridgehead atoms. The summed E-state index contributed by atoms with van der Waals surface area (Å²) < 4.78 is 35.9. The Bertz CT molecular complexity index is 135. The number of halogens is 3.